The molecule has 1 atom stereocenters. The Labute approximate surface area is 151 Å². The number of aliphatic imine (C=N–C) groups is 1. The number of rotatable bonds is 7. The normalized spacial score (nSPS) is 16.1. The van der Waals surface area contributed by atoms with Crippen LogP contribution < -0.4 is 10.6 Å². The van der Waals surface area contributed by atoms with Crippen molar-refractivity contribution in [3.63, 3.8) is 0 Å². The highest BCUT2D eigenvalue weighted by atomic mass is 127. The minimum atomic E-state index is 0. The molecular formula is C17H29IN4. The Hall–Kier alpha value is -0.820. The SMILES string of the molecule is CCN(CCNC(=NC)NC(C)c1ccccc1)C1CC1.I. The van der Waals surface area contributed by atoms with Crippen molar-refractivity contribution in [3.8, 4) is 0 Å². The van der Waals surface area contributed by atoms with Gasteiger partial charge in [0.2, 0.25) is 0 Å². The number of nitrogens with one attached hydrogen (secondary N) is 2. The van der Waals surface area contributed by atoms with Crippen molar-refractivity contribution >= 4 is 29.9 Å². The summed E-state index contributed by atoms with van der Waals surface area (Å²) >= 11 is 0. The van der Waals surface area contributed by atoms with Gasteiger partial charge in [-0.25, -0.2) is 0 Å². The van der Waals surface area contributed by atoms with Gasteiger partial charge in [0.1, 0.15) is 0 Å². The zero-order valence-corrected chi connectivity index (χ0v) is 16.2. The average molecular weight is 416 g/mol. The van der Waals surface area contributed by atoms with E-state index >= 15 is 0 Å². The van der Waals surface area contributed by atoms with Gasteiger partial charge in [-0.05, 0) is 31.9 Å². The van der Waals surface area contributed by atoms with Crippen LogP contribution in [0.2, 0.25) is 0 Å². The second-order valence-electron chi connectivity index (χ2n) is 5.64. The molecule has 0 aliphatic heterocycles. The largest absolute Gasteiger partial charge is 0.355 e. The Morgan fingerprint density at radius 2 is 2.00 bits per heavy atom. The van der Waals surface area contributed by atoms with Crippen molar-refractivity contribution in [3.05, 3.63) is 35.9 Å². The van der Waals surface area contributed by atoms with E-state index in [4.69, 9.17) is 0 Å². The lowest BCUT2D eigenvalue weighted by Gasteiger charge is -2.22. The van der Waals surface area contributed by atoms with Crippen LogP contribution in [0.15, 0.2) is 35.3 Å². The molecule has 0 saturated heterocycles. The quantitative estimate of drug-likeness (QED) is 0.408. The predicted octanol–water partition coefficient (Wildman–Crippen LogP) is 3.01. The number of nitrogens with zero attached hydrogens (tertiary/aromatic N) is 2. The topological polar surface area (TPSA) is 39.7 Å². The number of likely N-dealkylation sites (N-methyl/N-ethyl adjacent to an activating group) is 1. The predicted molar refractivity (Wildman–Crippen MR) is 105 cm³/mol. The van der Waals surface area contributed by atoms with Gasteiger partial charge < -0.3 is 10.6 Å². The van der Waals surface area contributed by atoms with Crippen molar-refractivity contribution in [1.82, 2.24) is 15.5 Å². The van der Waals surface area contributed by atoms with Gasteiger partial charge in [0.05, 0.1) is 6.04 Å². The third-order valence-corrected chi connectivity index (χ3v) is 4.04. The molecule has 1 unspecified atom stereocenters. The molecule has 0 radical (unpaired) electrons. The number of halogens is 1. The van der Waals surface area contributed by atoms with E-state index in [-0.39, 0.29) is 30.0 Å². The van der Waals surface area contributed by atoms with Crippen LogP contribution >= 0.6 is 24.0 Å². The molecule has 1 aromatic rings. The molecule has 1 aliphatic rings. The molecule has 0 heterocycles. The third kappa shape index (κ3) is 6.12. The van der Waals surface area contributed by atoms with Crippen LogP contribution in [0.25, 0.3) is 0 Å². The van der Waals surface area contributed by atoms with E-state index in [1.165, 1.54) is 18.4 Å². The van der Waals surface area contributed by atoms with Gasteiger partial charge in [-0.15, -0.1) is 24.0 Å². The van der Waals surface area contributed by atoms with E-state index in [1.807, 2.05) is 13.1 Å². The van der Waals surface area contributed by atoms with Gasteiger partial charge in [-0.1, -0.05) is 37.3 Å². The summed E-state index contributed by atoms with van der Waals surface area (Å²) in [5.41, 5.74) is 1.27. The van der Waals surface area contributed by atoms with Crippen LogP contribution in [0.4, 0.5) is 0 Å². The van der Waals surface area contributed by atoms with Crippen molar-refractivity contribution in [1.29, 1.82) is 0 Å². The molecule has 5 heteroatoms. The summed E-state index contributed by atoms with van der Waals surface area (Å²) in [5, 5.41) is 6.85. The minimum absolute atomic E-state index is 0. The molecule has 0 aromatic heterocycles. The second-order valence-corrected chi connectivity index (χ2v) is 5.64. The Kier molecular flexibility index (Phi) is 8.78. The van der Waals surface area contributed by atoms with E-state index in [2.05, 4.69) is 58.6 Å². The van der Waals surface area contributed by atoms with Crippen molar-refractivity contribution in [2.75, 3.05) is 26.7 Å². The fourth-order valence-corrected chi connectivity index (χ4v) is 2.58. The molecule has 1 aromatic carbocycles. The maximum absolute atomic E-state index is 4.31. The summed E-state index contributed by atoms with van der Waals surface area (Å²) in [7, 11) is 1.82. The lowest BCUT2D eigenvalue weighted by molar-refractivity contribution is 0.282. The summed E-state index contributed by atoms with van der Waals surface area (Å²) in [4.78, 5) is 6.86. The standard InChI is InChI=1S/C17H28N4.HI/c1-4-21(16-10-11-16)13-12-19-17(18-3)20-14(2)15-8-6-5-7-9-15;/h5-9,14,16H,4,10-13H2,1-3H3,(H2,18,19,20);1H. The Balaban J connectivity index is 0.00000242. The van der Waals surface area contributed by atoms with Gasteiger partial charge in [-0.2, -0.15) is 0 Å². The molecule has 0 amide bonds. The summed E-state index contributed by atoms with van der Waals surface area (Å²) in [5.74, 6) is 0.873. The lowest BCUT2D eigenvalue weighted by Crippen LogP contribution is -2.42. The summed E-state index contributed by atoms with van der Waals surface area (Å²) in [6.45, 7) is 7.56. The molecule has 2 rings (SSSR count). The highest BCUT2D eigenvalue weighted by Gasteiger charge is 2.27. The first kappa shape index (κ1) is 19.2. The van der Waals surface area contributed by atoms with Gasteiger partial charge in [0.15, 0.2) is 5.96 Å². The Morgan fingerprint density at radius 3 is 2.55 bits per heavy atom. The van der Waals surface area contributed by atoms with Crippen LogP contribution in [0.3, 0.4) is 0 Å². The summed E-state index contributed by atoms with van der Waals surface area (Å²) in [6.07, 6.45) is 2.73. The fourth-order valence-electron chi connectivity index (χ4n) is 2.58. The monoisotopic (exact) mass is 416 g/mol. The van der Waals surface area contributed by atoms with Crippen LogP contribution in [0, 0.1) is 0 Å². The molecular weight excluding hydrogens is 387 g/mol. The number of hydrogen-bond donors (Lipinski definition) is 2. The highest BCUT2D eigenvalue weighted by molar-refractivity contribution is 14.0. The van der Waals surface area contributed by atoms with Crippen molar-refractivity contribution in [2.24, 2.45) is 4.99 Å². The van der Waals surface area contributed by atoms with Crippen molar-refractivity contribution < 1.29 is 0 Å². The van der Waals surface area contributed by atoms with Crippen LogP contribution in [0.1, 0.15) is 38.3 Å². The van der Waals surface area contributed by atoms with Gasteiger partial charge in [0, 0.05) is 26.2 Å². The Bertz CT molecular complexity index is 445. The molecule has 1 aliphatic carbocycles. The van der Waals surface area contributed by atoms with Gasteiger partial charge in [0.25, 0.3) is 0 Å². The molecule has 2 N–H and O–H groups in total. The molecule has 0 bridgehead atoms. The first-order valence-electron chi connectivity index (χ1n) is 8.00. The van der Waals surface area contributed by atoms with Crippen LogP contribution in [-0.2, 0) is 0 Å². The van der Waals surface area contributed by atoms with E-state index < -0.39 is 0 Å². The van der Waals surface area contributed by atoms with Crippen LogP contribution in [-0.4, -0.2) is 43.6 Å². The molecule has 0 spiro atoms. The van der Waals surface area contributed by atoms with E-state index in [0.29, 0.717) is 0 Å². The Morgan fingerprint density at radius 1 is 1.32 bits per heavy atom. The zero-order valence-electron chi connectivity index (χ0n) is 13.9. The number of benzene rings is 1. The molecule has 22 heavy (non-hydrogen) atoms. The second kappa shape index (κ2) is 10.0. The average Bonchev–Trinajstić information content (AvgIpc) is 3.36. The van der Waals surface area contributed by atoms with E-state index in [9.17, 15) is 0 Å². The molecule has 4 nitrogen and oxygen atoms in total. The van der Waals surface area contributed by atoms with Gasteiger partial charge in [-0.3, -0.25) is 9.89 Å². The lowest BCUT2D eigenvalue weighted by atomic mass is 10.1. The maximum atomic E-state index is 4.31. The van der Waals surface area contributed by atoms with E-state index in [0.717, 1.165) is 31.6 Å². The molecule has 124 valence electrons. The van der Waals surface area contributed by atoms with Gasteiger partial charge >= 0.3 is 0 Å². The minimum Gasteiger partial charge on any atom is -0.355 e. The highest BCUT2D eigenvalue weighted by Crippen LogP contribution is 2.25. The summed E-state index contributed by atoms with van der Waals surface area (Å²) in [6, 6.07) is 11.5. The zero-order chi connectivity index (χ0) is 15.1. The first-order chi connectivity index (χ1) is 10.2. The number of guanidine groups is 1. The van der Waals surface area contributed by atoms with Crippen molar-refractivity contribution in [2.45, 2.75) is 38.8 Å². The smallest absolute Gasteiger partial charge is 0.191 e. The summed E-state index contributed by atoms with van der Waals surface area (Å²) < 4.78 is 0. The maximum Gasteiger partial charge on any atom is 0.191 e. The van der Waals surface area contributed by atoms with E-state index in [1.54, 1.807) is 0 Å². The fraction of sp³-hybridized carbons (Fsp3) is 0.588. The molecule has 1 saturated carbocycles. The number of hydrogen-bond acceptors (Lipinski definition) is 2. The first-order valence-corrected chi connectivity index (χ1v) is 8.00. The third-order valence-electron chi connectivity index (χ3n) is 4.04. The van der Waals surface area contributed by atoms with Crippen LogP contribution in [0.5, 0.6) is 0 Å². The molecule has 1 fully saturated rings.